The summed E-state index contributed by atoms with van der Waals surface area (Å²) in [7, 11) is 1.57. The maximum absolute atomic E-state index is 12.6. The van der Waals surface area contributed by atoms with Crippen molar-refractivity contribution in [2.45, 2.75) is 0 Å². The molecule has 1 aliphatic heterocycles. The number of halogens is 1. The van der Waals surface area contributed by atoms with Crippen LogP contribution in [-0.2, 0) is 7.05 Å². The van der Waals surface area contributed by atoms with E-state index in [2.05, 4.69) is 15.2 Å². The van der Waals surface area contributed by atoms with Gasteiger partial charge in [0.25, 0.3) is 11.7 Å². The van der Waals surface area contributed by atoms with Gasteiger partial charge < -0.3 is 19.9 Å². The van der Waals surface area contributed by atoms with Crippen LogP contribution in [0.1, 0.15) is 10.4 Å². The monoisotopic (exact) mass is 433 g/mol. The molecule has 0 radical (unpaired) electrons. The molecule has 150 valence electrons. The summed E-state index contributed by atoms with van der Waals surface area (Å²) >= 11 is 7.20. The Morgan fingerprint density at radius 1 is 1.17 bits per heavy atom. The Labute approximate surface area is 174 Å². The van der Waals surface area contributed by atoms with E-state index in [4.69, 9.17) is 11.6 Å². The molecule has 1 aliphatic rings. The van der Waals surface area contributed by atoms with Crippen LogP contribution in [0.15, 0.2) is 30.5 Å². The van der Waals surface area contributed by atoms with Crippen molar-refractivity contribution in [2.24, 2.45) is 7.05 Å². The molecule has 0 bridgehead atoms. The van der Waals surface area contributed by atoms with Crippen LogP contribution in [-0.4, -0.2) is 61.7 Å². The summed E-state index contributed by atoms with van der Waals surface area (Å²) in [5.74, 6) is 0.266. The summed E-state index contributed by atoms with van der Waals surface area (Å²) in [6.45, 7) is 2.36. The molecule has 1 saturated heterocycles. The van der Waals surface area contributed by atoms with Crippen molar-refractivity contribution < 1.29 is 9.72 Å². The van der Waals surface area contributed by atoms with Crippen LogP contribution < -0.4 is 4.90 Å². The van der Waals surface area contributed by atoms with E-state index in [1.165, 1.54) is 22.1 Å². The van der Waals surface area contributed by atoms with Crippen molar-refractivity contribution in [1.29, 1.82) is 0 Å². The van der Waals surface area contributed by atoms with E-state index >= 15 is 0 Å². The van der Waals surface area contributed by atoms with E-state index in [1.807, 2.05) is 4.90 Å². The SMILES string of the molecule is Cn1c([N+](=O)[O-])cnc1-c1nnc(N2CCN(C(=O)c3ccc(Cl)cc3)CC2)s1. The van der Waals surface area contributed by atoms with Crippen molar-refractivity contribution >= 4 is 39.8 Å². The molecule has 0 saturated carbocycles. The Morgan fingerprint density at radius 2 is 1.86 bits per heavy atom. The number of piperazine rings is 1. The number of benzene rings is 1. The second kappa shape index (κ2) is 7.76. The lowest BCUT2D eigenvalue weighted by Crippen LogP contribution is -2.48. The van der Waals surface area contributed by atoms with Crippen LogP contribution in [0, 0.1) is 10.1 Å². The fourth-order valence-electron chi connectivity index (χ4n) is 3.08. The molecular formula is C17H16ClN7O3S. The van der Waals surface area contributed by atoms with Crippen molar-refractivity contribution in [3.8, 4) is 10.8 Å². The highest BCUT2D eigenvalue weighted by molar-refractivity contribution is 7.18. The van der Waals surface area contributed by atoms with Gasteiger partial charge in [0.2, 0.25) is 10.1 Å². The van der Waals surface area contributed by atoms with Crippen LogP contribution in [0.25, 0.3) is 10.8 Å². The van der Waals surface area contributed by atoms with Gasteiger partial charge in [0.15, 0.2) is 0 Å². The third-order valence-corrected chi connectivity index (χ3v) is 5.92. The lowest BCUT2D eigenvalue weighted by atomic mass is 10.2. The molecule has 1 amide bonds. The standard InChI is InChI=1S/C17H16ClN7O3S/c1-22-13(25(27)28)10-19-14(22)15-20-21-17(29-15)24-8-6-23(7-9-24)16(26)11-2-4-12(18)5-3-11/h2-5,10H,6-9H2,1H3. The number of amides is 1. The third kappa shape index (κ3) is 3.78. The van der Waals surface area contributed by atoms with Gasteiger partial charge >= 0.3 is 5.82 Å². The van der Waals surface area contributed by atoms with Gasteiger partial charge in [-0.15, -0.1) is 10.2 Å². The van der Waals surface area contributed by atoms with E-state index in [1.54, 1.807) is 36.2 Å². The first kappa shape index (κ1) is 19.3. The molecular weight excluding hydrogens is 418 g/mol. The summed E-state index contributed by atoms with van der Waals surface area (Å²) in [5.41, 5.74) is 0.609. The number of hydrogen-bond donors (Lipinski definition) is 0. The highest BCUT2D eigenvalue weighted by atomic mass is 35.5. The minimum Gasteiger partial charge on any atom is -0.358 e. The Balaban J connectivity index is 1.42. The number of rotatable bonds is 4. The topological polar surface area (TPSA) is 110 Å². The number of nitro groups is 1. The first-order valence-corrected chi connectivity index (χ1v) is 9.93. The molecule has 0 atom stereocenters. The molecule has 4 rings (SSSR count). The van der Waals surface area contributed by atoms with Gasteiger partial charge in [0, 0.05) is 36.8 Å². The molecule has 29 heavy (non-hydrogen) atoms. The van der Waals surface area contributed by atoms with E-state index in [-0.39, 0.29) is 11.7 Å². The average Bonchev–Trinajstić information content (AvgIpc) is 3.35. The minimum atomic E-state index is -0.491. The molecule has 0 N–H and O–H groups in total. The first-order chi connectivity index (χ1) is 13.9. The predicted octanol–water partition coefficient (Wildman–Crippen LogP) is 2.46. The zero-order valence-electron chi connectivity index (χ0n) is 15.4. The average molecular weight is 434 g/mol. The highest BCUT2D eigenvalue weighted by Crippen LogP contribution is 2.30. The van der Waals surface area contributed by atoms with E-state index in [9.17, 15) is 14.9 Å². The predicted molar refractivity (Wildman–Crippen MR) is 108 cm³/mol. The minimum absolute atomic E-state index is 0.0282. The summed E-state index contributed by atoms with van der Waals surface area (Å²) in [4.78, 5) is 31.0. The van der Waals surface area contributed by atoms with Crippen LogP contribution in [0.2, 0.25) is 5.02 Å². The zero-order valence-corrected chi connectivity index (χ0v) is 16.9. The lowest BCUT2D eigenvalue weighted by molar-refractivity contribution is -0.391. The van der Waals surface area contributed by atoms with Crippen LogP contribution in [0.3, 0.4) is 0 Å². The van der Waals surface area contributed by atoms with Gasteiger partial charge in [-0.25, -0.2) is 9.55 Å². The van der Waals surface area contributed by atoms with Crippen LogP contribution in [0.4, 0.5) is 10.9 Å². The van der Waals surface area contributed by atoms with Gasteiger partial charge in [-0.2, -0.15) is 0 Å². The Kier molecular flexibility index (Phi) is 5.16. The third-order valence-electron chi connectivity index (χ3n) is 4.68. The number of carbonyl (C=O) groups is 1. The number of carbonyl (C=O) groups excluding carboxylic acids is 1. The summed E-state index contributed by atoms with van der Waals surface area (Å²) in [5, 5.41) is 21.1. The lowest BCUT2D eigenvalue weighted by Gasteiger charge is -2.34. The van der Waals surface area contributed by atoms with E-state index in [0.29, 0.717) is 52.7 Å². The Hall–Kier alpha value is -3.05. The van der Waals surface area contributed by atoms with Gasteiger partial charge in [-0.05, 0) is 29.2 Å². The summed E-state index contributed by atoms with van der Waals surface area (Å²) < 4.78 is 1.38. The normalized spacial score (nSPS) is 14.3. The molecule has 12 heteroatoms. The molecule has 10 nitrogen and oxygen atoms in total. The van der Waals surface area contributed by atoms with Gasteiger partial charge in [0.1, 0.15) is 6.20 Å². The first-order valence-electron chi connectivity index (χ1n) is 8.74. The maximum Gasteiger partial charge on any atom is 0.342 e. The molecule has 1 aromatic carbocycles. The highest BCUT2D eigenvalue weighted by Gasteiger charge is 2.26. The van der Waals surface area contributed by atoms with Crippen LogP contribution >= 0.6 is 22.9 Å². The fourth-order valence-corrected chi connectivity index (χ4v) is 4.13. The smallest absolute Gasteiger partial charge is 0.342 e. The number of nitrogens with zero attached hydrogens (tertiary/aromatic N) is 7. The largest absolute Gasteiger partial charge is 0.358 e. The molecule has 0 aliphatic carbocycles. The zero-order chi connectivity index (χ0) is 20.5. The summed E-state index contributed by atoms with van der Waals surface area (Å²) in [6.07, 6.45) is 1.21. The maximum atomic E-state index is 12.6. The van der Waals surface area contributed by atoms with Crippen molar-refractivity contribution in [1.82, 2.24) is 24.6 Å². The Bertz CT molecular complexity index is 1060. The molecule has 0 spiro atoms. The van der Waals surface area contributed by atoms with Gasteiger partial charge in [-0.3, -0.25) is 4.79 Å². The molecule has 3 heterocycles. The summed E-state index contributed by atoms with van der Waals surface area (Å²) in [6, 6.07) is 6.85. The molecule has 0 unspecified atom stereocenters. The molecule has 3 aromatic rings. The van der Waals surface area contributed by atoms with E-state index < -0.39 is 4.92 Å². The number of hydrogen-bond acceptors (Lipinski definition) is 8. The van der Waals surface area contributed by atoms with E-state index in [0.717, 1.165) is 0 Å². The number of aromatic nitrogens is 4. The van der Waals surface area contributed by atoms with Gasteiger partial charge in [-0.1, -0.05) is 22.9 Å². The van der Waals surface area contributed by atoms with Gasteiger partial charge in [0.05, 0.1) is 7.05 Å². The molecule has 1 fully saturated rings. The second-order valence-electron chi connectivity index (χ2n) is 6.43. The van der Waals surface area contributed by atoms with Crippen molar-refractivity contribution in [2.75, 3.05) is 31.1 Å². The number of imidazole rings is 1. The number of anilines is 1. The molecule has 2 aromatic heterocycles. The second-order valence-corrected chi connectivity index (χ2v) is 7.82. The van der Waals surface area contributed by atoms with Crippen molar-refractivity contribution in [3.63, 3.8) is 0 Å². The van der Waals surface area contributed by atoms with Crippen molar-refractivity contribution in [3.05, 3.63) is 51.2 Å². The fraction of sp³-hybridized carbons (Fsp3) is 0.294. The quantitative estimate of drug-likeness (QED) is 0.459. The Morgan fingerprint density at radius 3 is 2.48 bits per heavy atom. The van der Waals surface area contributed by atoms with Crippen LogP contribution in [0.5, 0.6) is 0 Å².